The summed E-state index contributed by atoms with van der Waals surface area (Å²) in [5, 5.41) is 11.4. The molecule has 1 aromatic carbocycles. The predicted molar refractivity (Wildman–Crippen MR) is 63.1 cm³/mol. The summed E-state index contributed by atoms with van der Waals surface area (Å²) in [5.74, 6) is 5.86. The highest BCUT2D eigenvalue weighted by Gasteiger charge is 2.06. The molecule has 0 saturated heterocycles. The maximum atomic E-state index is 10.5. The molecule has 3 nitrogen and oxygen atoms in total. The van der Waals surface area contributed by atoms with Gasteiger partial charge in [0.25, 0.3) is 5.69 Å². The van der Waals surface area contributed by atoms with Gasteiger partial charge in [-0.15, -0.1) is 0 Å². The minimum Gasteiger partial charge on any atom is -0.258 e. The number of nitro groups is 1. The van der Waals surface area contributed by atoms with Gasteiger partial charge >= 0.3 is 0 Å². The molecule has 0 N–H and O–H groups in total. The number of aryl methyl sites for hydroxylation is 1. The number of hydrogen-bond acceptors (Lipinski definition) is 2. The minimum absolute atomic E-state index is 0.0868. The molecule has 0 heterocycles. The summed E-state index contributed by atoms with van der Waals surface area (Å²) in [4.78, 5) is 10.1. The number of benzene rings is 1. The first-order valence-corrected chi connectivity index (χ1v) is 5.57. The molecule has 0 radical (unpaired) electrons. The molecule has 0 aliphatic rings. The monoisotopic (exact) mass is 267 g/mol. The van der Waals surface area contributed by atoms with Crippen LogP contribution in [0.2, 0.25) is 0 Å². The van der Waals surface area contributed by atoms with E-state index in [1.165, 1.54) is 12.1 Å². The Morgan fingerprint density at radius 1 is 1.53 bits per heavy atom. The predicted octanol–water partition coefficient (Wildman–Crippen LogP) is 3.04. The average molecular weight is 268 g/mol. The van der Waals surface area contributed by atoms with E-state index in [4.69, 9.17) is 0 Å². The molecule has 0 aliphatic carbocycles. The van der Waals surface area contributed by atoms with E-state index in [-0.39, 0.29) is 5.69 Å². The normalized spacial score (nSPS) is 9.20. The second-order valence-electron chi connectivity index (χ2n) is 3.00. The van der Waals surface area contributed by atoms with E-state index in [1.54, 1.807) is 6.07 Å². The van der Waals surface area contributed by atoms with Crippen LogP contribution in [0.1, 0.15) is 17.5 Å². The van der Waals surface area contributed by atoms with Crippen LogP contribution in [0.15, 0.2) is 18.2 Å². The highest BCUT2D eigenvalue weighted by molar-refractivity contribution is 9.09. The molecule has 15 heavy (non-hydrogen) atoms. The second-order valence-corrected chi connectivity index (χ2v) is 3.79. The Labute approximate surface area is 96.8 Å². The number of nitro benzene ring substituents is 1. The van der Waals surface area contributed by atoms with E-state index in [9.17, 15) is 10.1 Å². The zero-order valence-electron chi connectivity index (χ0n) is 8.29. The van der Waals surface area contributed by atoms with Gasteiger partial charge in [0.05, 0.1) is 4.92 Å². The van der Waals surface area contributed by atoms with Gasteiger partial charge in [-0.1, -0.05) is 33.8 Å². The summed E-state index contributed by atoms with van der Waals surface area (Å²) in [6, 6.07) is 4.72. The molecular weight excluding hydrogens is 258 g/mol. The smallest absolute Gasteiger partial charge is 0.258 e. The SMILES string of the molecule is Cc1ccc([N+](=O)[O-])cc1C#CCCBr. The first-order chi connectivity index (χ1) is 7.15. The fraction of sp³-hybridized carbons (Fsp3) is 0.273. The molecule has 1 rings (SSSR count). The van der Waals surface area contributed by atoms with Gasteiger partial charge in [-0.05, 0) is 12.5 Å². The molecule has 0 amide bonds. The van der Waals surface area contributed by atoms with E-state index in [0.717, 1.165) is 22.9 Å². The molecule has 0 spiro atoms. The third-order valence-corrected chi connectivity index (χ3v) is 2.27. The highest BCUT2D eigenvalue weighted by Crippen LogP contribution is 2.16. The Morgan fingerprint density at radius 2 is 2.27 bits per heavy atom. The third-order valence-electron chi connectivity index (χ3n) is 1.87. The minimum atomic E-state index is -0.408. The molecule has 0 fully saturated rings. The maximum absolute atomic E-state index is 10.5. The van der Waals surface area contributed by atoms with Crippen molar-refractivity contribution in [2.24, 2.45) is 0 Å². The van der Waals surface area contributed by atoms with Crippen LogP contribution < -0.4 is 0 Å². The lowest BCUT2D eigenvalue weighted by Crippen LogP contribution is -1.90. The van der Waals surface area contributed by atoms with Gasteiger partial charge < -0.3 is 0 Å². The summed E-state index contributed by atoms with van der Waals surface area (Å²) in [5.41, 5.74) is 1.77. The van der Waals surface area contributed by atoms with E-state index in [1.807, 2.05) is 6.92 Å². The number of halogens is 1. The topological polar surface area (TPSA) is 43.1 Å². The number of nitrogens with zero attached hydrogens (tertiary/aromatic N) is 1. The van der Waals surface area contributed by atoms with Crippen LogP contribution >= 0.6 is 15.9 Å². The summed E-state index contributed by atoms with van der Waals surface area (Å²) < 4.78 is 0. The lowest BCUT2D eigenvalue weighted by molar-refractivity contribution is -0.384. The first kappa shape index (κ1) is 11.7. The summed E-state index contributed by atoms with van der Waals surface area (Å²) in [7, 11) is 0. The molecule has 78 valence electrons. The van der Waals surface area contributed by atoms with Crippen LogP contribution in [0.3, 0.4) is 0 Å². The fourth-order valence-electron chi connectivity index (χ4n) is 1.06. The zero-order chi connectivity index (χ0) is 11.3. The van der Waals surface area contributed by atoms with E-state index in [0.29, 0.717) is 0 Å². The average Bonchev–Trinajstić information content (AvgIpc) is 2.20. The third kappa shape index (κ3) is 3.37. The van der Waals surface area contributed by atoms with Crippen LogP contribution in [0, 0.1) is 28.9 Å². The molecule has 0 saturated carbocycles. The molecule has 0 unspecified atom stereocenters. The zero-order valence-corrected chi connectivity index (χ0v) is 9.87. The van der Waals surface area contributed by atoms with E-state index >= 15 is 0 Å². The van der Waals surface area contributed by atoms with Gasteiger partial charge in [-0.25, -0.2) is 0 Å². The first-order valence-electron chi connectivity index (χ1n) is 4.45. The Kier molecular flexibility index (Phi) is 4.32. The molecular formula is C11H10BrNO2. The van der Waals surface area contributed by atoms with Gasteiger partial charge in [0, 0.05) is 29.4 Å². The Morgan fingerprint density at radius 3 is 2.87 bits per heavy atom. The van der Waals surface area contributed by atoms with Crippen LogP contribution in [0.5, 0.6) is 0 Å². The highest BCUT2D eigenvalue weighted by atomic mass is 79.9. The van der Waals surface area contributed by atoms with Crippen molar-refractivity contribution < 1.29 is 4.92 Å². The van der Waals surface area contributed by atoms with Gasteiger partial charge in [-0.2, -0.15) is 0 Å². The number of hydrogen-bond donors (Lipinski definition) is 0. The molecule has 0 atom stereocenters. The van der Waals surface area contributed by atoms with Crippen molar-refractivity contribution in [1.29, 1.82) is 0 Å². The number of non-ortho nitro benzene ring substituents is 1. The molecule has 0 aromatic heterocycles. The maximum Gasteiger partial charge on any atom is 0.270 e. The van der Waals surface area contributed by atoms with Crippen LogP contribution in [-0.4, -0.2) is 10.3 Å². The van der Waals surface area contributed by atoms with Crippen molar-refractivity contribution in [3.63, 3.8) is 0 Å². The summed E-state index contributed by atoms with van der Waals surface area (Å²) >= 11 is 3.27. The molecule has 4 heteroatoms. The Balaban J connectivity index is 3.02. The van der Waals surface area contributed by atoms with Crippen LogP contribution in [0.4, 0.5) is 5.69 Å². The van der Waals surface area contributed by atoms with Crippen LogP contribution in [0.25, 0.3) is 0 Å². The largest absolute Gasteiger partial charge is 0.270 e. The van der Waals surface area contributed by atoms with E-state index < -0.39 is 4.92 Å². The quantitative estimate of drug-likeness (QED) is 0.358. The summed E-state index contributed by atoms with van der Waals surface area (Å²) in [6.45, 7) is 1.89. The molecule has 1 aromatic rings. The number of rotatable bonds is 2. The molecule has 0 aliphatic heterocycles. The summed E-state index contributed by atoms with van der Waals surface area (Å²) in [6.07, 6.45) is 0.738. The Bertz CT molecular complexity index is 432. The van der Waals surface area contributed by atoms with Crippen LogP contribution in [-0.2, 0) is 0 Å². The lowest BCUT2D eigenvalue weighted by atomic mass is 10.1. The van der Waals surface area contributed by atoms with Crippen molar-refractivity contribution in [3.8, 4) is 11.8 Å². The number of alkyl halides is 1. The fourth-order valence-corrected chi connectivity index (χ4v) is 1.26. The van der Waals surface area contributed by atoms with Crippen molar-refractivity contribution >= 4 is 21.6 Å². The van der Waals surface area contributed by atoms with Crippen molar-refractivity contribution in [3.05, 3.63) is 39.4 Å². The van der Waals surface area contributed by atoms with E-state index in [2.05, 4.69) is 27.8 Å². The standard InChI is InChI=1S/C11H10BrNO2/c1-9-5-6-11(13(14)15)8-10(9)4-2-3-7-12/h5-6,8H,3,7H2,1H3. The lowest BCUT2D eigenvalue weighted by Gasteiger charge is -1.97. The molecule has 0 bridgehead atoms. The Hall–Kier alpha value is -1.34. The van der Waals surface area contributed by atoms with Gasteiger partial charge in [0.15, 0.2) is 0 Å². The van der Waals surface area contributed by atoms with Gasteiger partial charge in [0.1, 0.15) is 0 Å². The van der Waals surface area contributed by atoms with Crippen molar-refractivity contribution in [1.82, 2.24) is 0 Å². The van der Waals surface area contributed by atoms with Crippen molar-refractivity contribution in [2.45, 2.75) is 13.3 Å². The second kappa shape index (κ2) is 5.52. The van der Waals surface area contributed by atoms with Gasteiger partial charge in [0.2, 0.25) is 0 Å². The van der Waals surface area contributed by atoms with Gasteiger partial charge in [-0.3, -0.25) is 10.1 Å². The van der Waals surface area contributed by atoms with Crippen molar-refractivity contribution in [2.75, 3.05) is 5.33 Å².